The van der Waals surface area contributed by atoms with Crippen molar-refractivity contribution in [2.24, 2.45) is 0 Å². The van der Waals surface area contributed by atoms with Crippen LogP contribution >= 0.6 is 0 Å². The van der Waals surface area contributed by atoms with Gasteiger partial charge in [0, 0.05) is 16.8 Å². The Kier molecular flexibility index (Phi) is 7.11. The molecule has 0 saturated heterocycles. The van der Waals surface area contributed by atoms with E-state index in [4.69, 9.17) is 18.9 Å². The number of amides is 1. The first-order chi connectivity index (χ1) is 17.0. The van der Waals surface area contributed by atoms with Gasteiger partial charge in [0.05, 0.1) is 19.8 Å². The smallest absolute Gasteiger partial charge is 0.338 e. The lowest BCUT2D eigenvalue weighted by Gasteiger charge is -2.09. The number of cyclic esters (lactones) is 1. The second-order valence-corrected chi connectivity index (χ2v) is 7.62. The highest BCUT2D eigenvalue weighted by molar-refractivity contribution is 6.07. The zero-order valence-corrected chi connectivity index (χ0v) is 19.2. The van der Waals surface area contributed by atoms with Crippen LogP contribution in [-0.2, 0) is 16.1 Å². The number of esters is 1. The number of ketones is 1. The van der Waals surface area contributed by atoms with E-state index < -0.39 is 0 Å². The van der Waals surface area contributed by atoms with Gasteiger partial charge in [-0.25, -0.2) is 4.79 Å². The number of hydrogen-bond donors (Lipinski definition) is 1. The Morgan fingerprint density at radius 2 is 1.83 bits per heavy atom. The van der Waals surface area contributed by atoms with Crippen LogP contribution in [0.25, 0.3) is 6.08 Å². The lowest BCUT2D eigenvalue weighted by Crippen LogP contribution is -2.20. The first-order valence-electron chi connectivity index (χ1n) is 10.7. The number of carbonyl (C=O) groups is 3. The Morgan fingerprint density at radius 3 is 2.63 bits per heavy atom. The number of rotatable bonds is 9. The number of anilines is 1. The highest BCUT2D eigenvalue weighted by Crippen LogP contribution is 2.28. The third-order valence-electron chi connectivity index (χ3n) is 5.29. The van der Waals surface area contributed by atoms with Crippen LogP contribution in [0.1, 0.15) is 31.8 Å². The number of hydrogen-bond acceptors (Lipinski definition) is 7. The van der Waals surface area contributed by atoms with Crippen molar-refractivity contribution in [2.45, 2.75) is 6.61 Å². The van der Waals surface area contributed by atoms with Gasteiger partial charge in [0.15, 0.2) is 23.9 Å². The van der Waals surface area contributed by atoms with Gasteiger partial charge in [-0.3, -0.25) is 9.59 Å². The number of methoxy groups -OCH3 is 2. The fraction of sp³-hybridized carbons (Fsp3) is 0.148. The number of ether oxygens (including phenoxy) is 4. The maximum atomic E-state index is 12.6. The van der Waals surface area contributed by atoms with Gasteiger partial charge in [0.2, 0.25) is 0 Å². The summed E-state index contributed by atoms with van der Waals surface area (Å²) in [5, 5.41) is 2.72. The summed E-state index contributed by atoms with van der Waals surface area (Å²) in [4.78, 5) is 36.5. The molecule has 8 nitrogen and oxygen atoms in total. The van der Waals surface area contributed by atoms with Crippen LogP contribution in [0.3, 0.4) is 0 Å². The van der Waals surface area contributed by atoms with E-state index in [1.807, 2.05) is 6.07 Å². The predicted molar refractivity (Wildman–Crippen MR) is 129 cm³/mol. The molecule has 1 N–H and O–H groups in total. The van der Waals surface area contributed by atoms with Crippen LogP contribution in [0, 0.1) is 0 Å². The molecule has 4 rings (SSSR count). The summed E-state index contributed by atoms with van der Waals surface area (Å²) in [7, 11) is 3.10. The van der Waals surface area contributed by atoms with Gasteiger partial charge in [-0.2, -0.15) is 0 Å². The van der Waals surface area contributed by atoms with Crippen molar-refractivity contribution in [2.75, 3.05) is 26.1 Å². The summed E-state index contributed by atoms with van der Waals surface area (Å²) < 4.78 is 21.0. The van der Waals surface area contributed by atoms with Gasteiger partial charge in [-0.1, -0.05) is 24.3 Å². The van der Waals surface area contributed by atoms with Crippen LogP contribution in [0.2, 0.25) is 0 Å². The molecule has 1 aliphatic heterocycles. The van der Waals surface area contributed by atoms with Crippen LogP contribution in [0.5, 0.6) is 17.2 Å². The second-order valence-electron chi connectivity index (χ2n) is 7.62. The summed E-state index contributed by atoms with van der Waals surface area (Å²) in [5.41, 5.74) is 2.97. The molecule has 0 unspecified atom stereocenters. The molecule has 35 heavy (non-hydrogen) atoms. The second kappa shape index (κ2) is 10.6. The third kappa shape index (κ3) is 5.67. The lowest BCUT2D eigenvalue weighted by atomic mass is 10.1. The average Bonchev–Trinajstić information content (AvgIpc) is 3.25. The molecule has 0 fully saturated rings. The Hall–Kier alpha value is -4.59. The minimum absolute atomic E-state index is 0.190. The van der Waals surface area contributed by atoms with Crippen LogP contribution in [-0.4, -0.2) is 38.5 Å². The SMILES string of the molecule is COc1ccc(/C=C/C(=O)c2cccc(OCC(=O)Nc3ccc4c(c3)COC4=O)c2)cc1OC. The number of benzene rings is 3. The van der Waals surface area contributed by atoms with E-state index in [0.717, 1.165) is 11.1 Å². The van der Waals surface area contributed by atoms with Crippen molar-refractivity contribution < 1.29 is 33.3 Å². The quantitative estimate of drug-likeness (QED) is 0.281. The van der Waals surface area contributed by atoms with E-state index in [0.29, 0.717) is 34.1 Å². The van der Waals surface area contributed by atoms with Gasteiger partial charge in [-0.15, -0.1) is 0 Å². The molecular formula is C27H23NO7. The van der Waals surface area contributed by atoms with Crippen molar-refractivity contribution >= 4 is 29.4 Å². The van der Waals surface area contributed by atoms with Crippen molar-refractivity contribution in [1.29, 1.82) is 0 Å². The van der Waals surface area contributed by atoms with Crippen molar-refractivity contribution in [3.63, 3.8) is 0 Å². The van der Waals surface area contributed by atoms with Crippen LogP contribution in [0.15, 0.2) is 66.7 Å². The normalized spacial score (nSPS) is 12.1. The monoisotopic (exact) mass is 473 g/mol. The standard InChI is InChI=1S/C27H23NO7/c1-32-24-11-7-17(12-25(24)33-2)6-10-23(29)18-4-3-5-21(14-18)34-16-26(30)28-20-8-9-22-19(13-20)15-35-27(22)31/h3-14H,15-16H2,1-2H3,(H,28,30)/b10-6+. The Morgan fingerprint density at radius 1 is 1.00 bits per heavy atom. The Labute approximate surface area is 202 Å². The summed E-state index contributed by atoms with van der Waals surface area (Å²) in [6.45, 7) is -0.0543. The molecule has 1 aliphatic rings. The summed E-state index contributed by atoms with van der Waals surface area (Å²) in [5.74, 6) is 0.597. The molecule has 3 aromatic rings. The minimum Gasteiger partial charge on any atom is -0.493 e. The fourth-order valence-corrected chi connectivity index (χ4v) is 3.52. The number of allylic oxidation sites excluding steroid dienone is 1. The molecule has 0 spiro atoms. The predicted octanol–water partition coefficient (Wildman–Crippen LogP) is 4.29. The Bertz CT molecular complexity index is 1310. The molecule has 0 aromatic heterocycles. The maximum Gasteiger partial charge on any atom is 0.338 e. The maximum absolute atomic E-state index is 12.6. The number of carbonyl (C=O) groups excluding carboxylic acids is 3. The van der Waals surface area contributed by atoms with E-state index in [2.05, 4.69) is 5.32 Å². The first-order valence-corrected chi connectivity index (χ1v) is 10.7. The number of nitrogens with one attached hydrogen (secondary N) is 1. The molecule has 1 amide bonds. The third-order valence-corrected chi connectivity index (χ3v) is 5.29. The number of fused-ring (bicyclic) bond motifs is 1. The minimum atomic E-state index is -0.375. The van der Waals surface area contributed by atoms with Gasteiger partial charge in [0.25, 0.3) is 5.91 Å². The van der Waals surface area contributed by atoms with E-state index in [1.165, 1.54) is 6.08 Å². The average molecular weight is 473 g/mol. The highest BCUT2D eigenvalue weighted by Gasteiger charge is 2.21. The molecule has 0 aliphatic carbocycles. The van der Waals surface area contributed by atoms with Crippen LogP contribution in [0.4, 0.5) is 5.69 Å². The zero-order valence-electron chi connectivity index (χ0n) is 19.2. The molecule has 178 valence electrons. The van der Waals surface area contributed by atoms with E-state index in [-0.39, 0.29) is 30.9 Å². The molecule has 0 atom stereocenters. The zero-order chi connectivity index (χ0) is 24.8. The molecule has 3 aromatic carbocycles. The molecule has 1 heterocycles. The summed E-state index contributed by atoms with van der Waals surface area (Å²) in [6, 6.07) is 16.9. The van der Waals surface area contributed by atoms with E-state index >= 15 is 0 Å². The van der Waals surface area contributed by atoms with Gasteiger partial charge in [0.1, 0.15) is 12.4 Å². The summed E-state index contributed by atoms with van der Waals surface area (Å²) >= 11 is 0. The largest absolute Gasteiger partial charge is 0.493 e. The van der Waals surface area contributed by atoms with Crippen LogP contribution < -0.4 is 19.5 Å². The van der Waals surface area contributed by atoms with Gasteiger partial charge < -0.3 is 24.3 Å². The van der Waals surface area contributed by atoms with Gasteiger partial charge in [-0.05, 0) is 54.1 Å². The van der Waals surface area contributed by atoms with Crippen molar-refractivity contribution in [3.8, 4) is 17.2 Å². The molecule has 0 bridgehead atoms. The van der Waals surface area contributed by atoms with E-state index in [1.54, 1.807) is 74.9 Å². The topological polar surface area (TPSA) is 100 Å². The summed E-state index contributed by atoms with van der Waals surface area (Å²) in [6.07, 6.45) is 3.13. The van der Waals surface area contributed by atoms with Crippen molar-refractivity contribution in [1.82, 2.24) is 0 Å². The van der Waals surface area contributed by atoms with Crippen molar-refractivity contribution in [3.05, 3.63) is 89.0 Å². The van der Waals surface area contributed by atoms with E-state index in [9.17, 15) is 14.4 Å². The molecule has 0 saturated carbocycles. The molecule has 8 heteroatoms. The van der Waals surface area contributed by atoms with Gasteiger partial charge >= 0.3 is 5.97 Å². The molecule has 0 radical (unpaired) electrons. The molecular weight excluding hydrogens is 450 g/mol. The lowest BCUT2D eigenvalue weighted by molar-refractivity contribution is -0.118. The Balaban J connectivity index is 1.34. The fourth-order valence-electron chi connectivity index (χ4n) is 3.52. The highest BCUT2D eigenvalue weighted by atomic mass is 16.5. The first kappa shape index (κ1) is 23.6.